The molecule has 2 heterocycles. The van der Waals surface area contributed by atoms with Crippen molar-refractivity contribution in [1.82, 2.24) is 14.6 Å². The first kappa shape index (κ1) is 18.3. The molecule has 142 valence electrons. The summed E-state index contributed by atoms with van der Waals surface area (Å²) in [6.07, 6.45) is 1.67. The number of nitrogens with one attached hydrogen (secondary N) is 1. The molecule has 0 radical (unpaired) electrons. The molecule has 0 fully saturated rings. The average Bonchev–Trinajstić information content (AvgIpc) is 3.10. The fourth-order valence-corrected chi connectivity index (χ4v) is 3.97. The lowest BCUT2D eigenvalue weighted by atomic mass is 9.99. The Morgan fingerprint density at radius 2 is 1.89 bits per heavy atom. The third-order valence-electron chi connectivity index (χ3n) is 4.39. The van der Waals surface area contributed by atoms with E-state index in [4.69, 9.17) is 0 Å². The van der Waals surface area contributed by atoms with Crippen molar-refractivity contribution in [1.29, 1.82) is 0 Å². The molecule has 1 atom stereocenters. The highest BCUT2D eigenvalue weighted by Gasteiger charge is 2.17. The van der Waals surface area contributed by atoms with Gasteiger partial charge in [0.2, 0.25) is 10.1 Å². The Bertz CT molecular complexity index is 1160. The minimum atomic E-state index is -0.303. The molecule has 0 amide bonds. The van der Waals surface area contributed by atoms with E-state index in [9.17, 15) is 9.18 Å². The van der Waals surface area contributed by atoms with Crippen molar-refractivity contribution in [2.24, 2.45) is 0 Å². The molecule has 5 nitrogen and oxygen atoms in total. The molecule has 4 rings (SSSR count). The van der Waals surface area contributed by atoms with E-state index >= 15 is 0 Å². The zero-order valence-electron chi connectivity index (χ0n) is 15.3. The second kappa shape index (κ2) is 7.90. The molecule has 4 aromatic rings. The van der Waals surface area contributed by atoms with Gasteiger partial charge in [0.05, 0.1) is 6.04 Å². The maximum absolute atomic E-state index is 13.8. The van der Waals surface area contributed by atoms with Crippen molar-refractivity contribution in [3.8, 4) is 0 Å². The van der Waals surface area contributed by atoms with E-state index in [0.29, 0.717) is 10.1 Å². The van der Waals surface area contributed by atoms with Gasteiger partial charge in [0.1, 0.15) is 5.82 Å². The normalized spacial score (nSPS) is 12.2. The lowest BCUT2D eigenvalue weighted by molar-refractivity contribution is 0.624. The molecule has 0 bridgehead atoms. The summed E-state index contributed by atoms with van der Waals surface area (Å²) in [5.74, 6) is -0.299. The van der Waals surface area contributed by atoms with Gasteiger partial charge in [-0.3, -0.25) is 4.79 Å². The predicted molar refractivity (Wildman–Crippen MR) is 109 cm³/mol. The molecule has 28 heavy (non-hydrogen) atoms. The molecule has 7 heteroatoms. The van der Waals surface area contributed by atoms with Gasteiger partial charge in [-0.05, 0) is 29.7 Å². The van der Waals surface area contributed by atoms with Crippen LogP contribution in [-0.2, 0) is 6.42 Å². The molecule has 0 saturated heterocycles. The highest BCUT2D eigenvalue weighted by atomic mass is 32.1. The predicted octanol–water partition coefficient (Wildman–Crippen LogP) is 4.44. The van der Waals surface area contributed by atoms with Gasteiger partial charge in [-0.25, -0.2) is 9.37 Å². The Morgan fingerprint density at radius 3 is 2.64 bits per heavy atom. The molecule has 0 saturated carbocycles. The summed E-state index contributed by atoms with van der Waals surface area (Å²) in [4.78, 5) is 17.4. The standard InChI is InChI=1S/C21H19FN4OS/c1-2-7-17-13-18(27)26-21(23-17)28-20(25-26)24-19(14-8-4-3-5-9-14)15-10-6-11-16(22)12-15/h3-6,8-13,19H,2,7H2,1H3,(H,24,25). The Kier molecular flexibility index (Phi) is 5.16. The number of benzene rings is 2. The van der Waals surface area contributed by atoms with Crippen LogP contribution >= 0.6 is 11.3 Å². The number of hydrogen-bond acceptors (Lipinski definition) is 5. The highest BCUT2D eigenvalue weighted by molar-refractivity contribution is 7.20. The van der Waals surface area contributed by atoms with Crippen LogP contribution in [0.1, 0.15) is 36.2 Å². The Balaban J connectivity index is 1.74. The highest BCUT2D eigenvalue weighted by Crippen LogP contribution is 2.29. The van der Waals surface area contributed by atoms with Crippen molar-refractivity contribution in [2.75, 3.05) is 5.32 Å². The molecule has 1 unspecified atom stereocenters. The molecule has 1 N–H and O–H groups in total. The van der Waals surface area contributed by atoms with Crippen LogP contribution in [0.2, 0.25) is 0 Å². The van der Waals surface area contributed by atoms with Gasteiger partial charge in [-0.1, -0.05) is 67.1 Å². The van der Waals surface area contributed by atoms with Crippen molar-refractivity contribution in [3.05, 3.63) is 93.7 Å². The monoisotopic (exact) mass is 394 g/mol. The van der Waals surface area contributed by atoms with E-state index in [2.05, 4.69) is 15.4 Å². The van der Waals surface area contributed by atoms with E-state index in [-0.39, 0.29) is 17.4 Å². The van der Waals surface area contributed by atoms with Crippen LogP contribution in [0.3, 0.4) is 0 Å². The Labute approximate surface area is 165 Å². The van der Waals surface area contributed by atoms with E-state index < -0.39 is 0 Å². The third kappa shape index (κ3) is 3.80. The average molecular weight is 394 g/mol. The molecule has 0 aliphatic rings. The van der Waals surface area contributed by atoms with E-state index in [1.165, 1.54) is 34.1 Å². The van der Waals surface area contributed by atoms with Crippen LogP contribution in [-0.4, -0.2) is 14.6 Å². The smallest absolute Gasteiger partial charge is 0.275 e. The molecule has 0 spiro atoms. The molecule has 2 aromatic carbocycles. The lowest BCUT2D eigenvalue weighted by Crippen LogP contribution is -2.16. The van der Waals surface area contributed by atoms with E-state index in [0.717, 1.165) is 29.7 Å². The number of fused-ring (bicyclic) bond motifs is 1. The summed E-state index contributed by atoms with van der Waals surface area (Å²) in [6.45, 7) is 2.05. The Morgan fingerprint density at radius 1 is 1.11 bits per heavy atom. The Hall–Kier alpha value is -3.06. The SMILES string of the molecule is CCCc1cc(=O)n2nc(NC(c3ccccc3)c3cccc(F)c3)sc2n1. The first-order chi connectivity index (χ1) is 13.6. The zero-order valence-corrected chi connectivity index (χ0v) is 16.1. The quantitative estimate of drug-likeness (QED) is 0.525. The minimum Gasteiger partial charge on any atom is -0.349 e. The van der Waals surface area contributed by atoms with Gasteiger partial charge in [-0.15, -0.1) is 5.10 Å². The number of hydrogen-bond donors (Lipinski definition) is 1. The minimum absolute atomic E-state index is 0.195. The van der Waals surface area contributed by atoms with Crippen molar-refractivity contribution < 1.29 is 4.39 Å². The first-order valence-corrected chi connectivity index (χ1v) is 9.92. The molecular weight excluding hydrogens is 375 g/mol. The molecule has 0 aliphatic carbocycles. The number of nitrogens with zero attached hydrogens (tertiary/aromatic N) is 3. The van der Waals surface area contributed by atoms with Crippen molar-refractivity contribution in [3.63, 3.8) is 0 Å². The van der Waals surface area contributed by atoms with E-state index in [1.807, 2.05) is 43.3 Å². The van der Waals surface area contributed by atoms with E-state index in [1.54, 1.807) is 6.07 Å². The van der Waals surface area contributed by atoms with Crippen LogP contribution in [0.5, 0.6) is 0 Å². The molecular formula is C21H19FN4OS. The van der Waals surface area contributed by atoms with Crippen LogP contribution in [0.4, 0.5) is 9.52 Å². The maximum Gasteiger partial charge on any atom is 0.275 e. The zero-order chi connectivity index (χ0) is 19.5. The maximum atomic E-state index is 13.8. The van der Waals surface area contributed by atoms with Crippen LogP contribution in [0.15, 0.2) is 65.5 Å². The second-order valence-corrected chi connectivity index (χ2v) is 7.44. The van der Waals surface area contributed by atoms with Gasteiger partial charge in [0.25, 0.3) is 5.56 Å². The largest absolute Gasteiger partial charge is 0.349 e. The lowest BCUT2D eigenvalue weighted by Gasteiger charge is -2.19. The summed E-state index contributed by atoms with van der Waals surface area (Å²) in [7, 11) is 0. The van der Waals surface area contributed by atoms with Gasteiger partial charge >= 0.3 is 0 Å². The fourth-order valence-electron chi connectivity index (χ4n) is 3.11. The van der Waals surface area contributed by atoms with Crippen molar-refractivity contribution >= 4 is 21.4 Å². The summed E-state index contributed by atoms with van der Waals surface area (Å²) < 4.78 is 15.1. The van der Waals surface area contributed by atoms with Gasteiger partial charge in [-0.2, -0.15) is 4.52 Å². The second-order valence-electron chi connectivity index (χ2n) is 6.48. The summed E-state index contributed by atoms with van der Waals surface area (Å²) in [6, 6.07) is 17.4. The van der Waals surface area contributed by atoms with Gasteiger partial charge in [0, 0.05) is 11.8 Å². The molecule has 2 aromatic heterocycles. The summed E-state index contributed by atoms with van der Waals surface area (Å²) in [5.41, 5.74) is 2.32. The third-order valence-corrected chi connectivity index (χ3v) is 5.23. The molecule has 0 aliphatic heterocycles. The van der Waals surface area contributed by atoms with Gasteiger partial charge in [0.15, 0.2) is 0 Å². The number of aryl methyl sites for hydroxylation is 1. The van der Waals surface area contributed by atoms with Crippen LogP contribution in [0, 0.1) is 5.82 Å². The van der Waals surface area contributed by atoms with Crippen molar-refractivity contribution in [2.45, 2.75) is 25.8 Å². The number of anilines is 1. The summed E-state index contributed by atoms with van der Waals surface area (Å²) in [5, 5.41) is 8.28. The number of aromatic nitrogens is 3. The number of halogens is 1. The number of rotatable bonds is 6. The fraction of sp³-hybridized carbons (Fsp3) is 0.190. The van der Waals surface area contributed by atoms with Crippen LogP contribution < -0.4 is 10.9 Å². The first-order valence-electron chi connectivity index (χ1n) is 9.11. The summed E-state index contributed by atoms with van der Waals surface area (Å²) >= 11 is 1.31. The van der Waals surface area contributed by atoms with Crippen LogP contribution in [0.25, 0.3) is 4.96 Å². The van der Waals surface area contributed by atoms with Gasteiger partial charge < -0.3 is 5.32 Å². The topological polar surface area (TPSA) is 59.3 Å².